The lowest BCUT2D eigenvalue weighted by Crippen LogP contribution is -2.42. The van der Waals surface area contributed by atoms with Crippen molar-refractivity contribution in [1.29, 1.82) is 5.26 Å². The summed E-state index contributed by atoms with van der Waals surface area (Å²) in [5.74, 6) is 0. The molecule has 0 bridgehead atoms. The minimum Gasteiger partial charge on any atom is -0.380 e. The normalized spacial score (nSPS) is 17.4. The maximum Gasteiger partial charge on any atom is 0.108 e. The number of rotatable bonds is 9. The maximum absolute atomic E-state index is 9.05. The summed E-state index contributed by atoms with van der Waals surface area (Å²) in [5, 5.41) is 12.4. The lowest BCUT2D eigenvalue weighted by molar-refractivity contribution is 0.113. The van der Waals surface area contributed by atoms with Crippen LogP contribution in [0.5, 0.6) is 0 Å². The van der Waals surface area contributed by atoms with E-state index in [2.05, 4.69) is 23.2 Å². The Bertz CT molecular complexity index is 223. The molecule has 1 rings (SSSR count). The zero-order valence-electron chi connectivity index (χ0n) is 10.4. The van der Waals surface area contributed by atoms with Gasteiger partial charge in [0.1, 0.15) is 6.04 Å². The number of ether oxygens (including phenoxy) is 1. The van der Waals surface area contributed by atoms with Crippen LogP contribution in [0, 0.1) is 11.3 Å². The monoisotopic (exact) mass is 225 g/mol. The highest BCUT2D eigenvalue weighted by Gasteiger charge is 2.25. The molecule has 0 saturated heterocycles. The highest BCUT2D eigenvalue weighted by Crippen LogP contribution is 2.19. The minimum absolute atomic E-state index is 0.0333. The summed E-state index contributed by atoms with van der Waals surface area (Å²) in [6.07, 6.45) is 2.45. The highest BCUT2D eigenvalue weighted by molar-refractivity contribution is 4.97. The van der Waals surface area contributed by atoms with Gasteiger partial charge in [0, 0.05) is 25.7 Å². The molecule has 4 nitrogen and oxygen atoms in total. The molecule has 0 aromatic rings. The summed E-state index contributed by atoms with van der Waals surface area (Å²) in [6.45, 7) is 8.33. The second-order valence-electron chi connectivity index (χ2n) is 4.21. The van der Waals surface area contributed by atoms with Crippen molar-refractivity contribution in [3.63, 3.8) is 0 Å². The van der Waals surface area contributed by atoms with E-state index in [1.165, 1.54) is 12.8 Å². The third kappa shape index (κ3) is 5.45. The zero-order chi connectivity index (χ0) is 11.8. The first-order chi connectivity index (χ1) is 7.80. The Balaban J connectivity index is 2.20. The minimum atomic E-state index is -0.0333. The van der Waals surface area contributed by atoms with Gasteiger partial charge >= 0.3 is 0 Å². The van der Waals surface area contributed by atoms with Crippen LogP contribution in [-0.4, -0.2) is 49.8 Å². The fourth-order valence-electron chi connectivity index (χ4n) is 1.64. The first kappa shape index (κ1) is 13.4. The average Bonchev–Trinajstić information content (AvgIpc) is 3.10. The average molecular weight is 225 g/mol. The molecule has 1 N–H and O–H groups in total. The molecule has 0 radical (unpaired) electrons. The van der Waals surface area contributed by atoms with Gasteiger partial charge in [-0.1, -0.05) is 6.92 Å². The van der Waals surface area contributed by atoms with Gasteiger partial charge in [-0.2, -0.15) is 5.26 Å². The van der Waals surface area contributed by atoms with Crippen molar-refractivity contribution in [2.24, 2.45) is 0 Å². The van der Waals surface area contributed by atoms with Gasteiger partial charge in [-0.25, -0.2) is 0 Å². The van der Waals surface area contributed by atoms with Crippen molar-refractivity contribution in [1.82, 2.24) is 10.2 Å². The second kappa shape index (κ2) is 7.61. The van der Waals surface area contributed by atoms with E-state index in [4.69, 9.17) is 10.00 Å². The van der Waals surface area contributed by atoms with Crippen LogP contribution in [0.25, 0.3) is 0 Å². The van der Waals surface area contributed by atoms with E-state index in [0.717, 1.165) is 32.8 Å². The topological polar surface area (TPSA) is 48.3 Å². The Morgan fingerprint density at radius 2 is 2.25 bits per heavy atom. The van der Waals surface area contributed by atoms with E-state index < -0.39 is 0 Å². The molecule has 0 aliphatic heterocycles. The standard InChI is InChI=1S/C12H23N3O/c1-3-15(7-8-16-4-2)10-12(9-13)14-11-5-6-11/h11-12,14H,3-8,10H2,1-2H3. The van der Waals surface area contributed by atoms with Crippen LogP contribution < -0.4 is 5.32 Å². The molecule has 1 saturated carbocycles. The van der Waals surface area contributed by atoms with Crippen molar-refractivity contribution in [2.75, 3.05) is 32.8 Å². The lowest BCUT2D eigenvalue weighted by Gasteiger charge is -2.23. The molecule has 1 unspecified atom stereocenters. The van der Waals surface area contributed by atoms with Crippen LogP contribution in [0.2, 0.25) is 0 Å². The number of likely N-dealkylation sites (N-methyl/N-ethyl adjacent to an activating group) is 1. The van der Waals surface area contributed by atoms with Crippen LogP contribution in [0.3, 0.4) is 0 Å². The largest absolute Gasteiger partial charge is 0.380 e. The van der Waals surface area contributed by atoms with E-state index in [9.17, 15) is 0 Å². The van der Waals surface area contributed by atoms with Crippen LogP contribution in [0.1, 0.15) is 26.7 Å². The third-order valence-corrected chi connectivity index (χ3v) is 2.81. The molecule has 0 spiro atoms. The summed E-state index contributed by atoms with van der Waals surface area (Å²) in [5.41, 5.74) is 0. The Kier molecular flexibility index (Phi) is 6.39. The van der Waals surface area contributed by atoms with Crippen LogP contribution in [0.4, 0.5) is 0 Å². The second-order valence-corrected chi connectivity index (χ2v) is 4.21. The quantitative estimate of drug-likeness (QED) is 0.594. The van der Waals surface area contributed by atoms with Crippen molar-refractivity contribution < 1.29 is 4.74 Å². The van der Waals surface area contributed by atoms with Crippen molar-refractivity contribution in [2.45, 2.75) is 38.8 Å². The van der Waals surface area contributed by atoms with Crippen LogP contribution >= 0.6 is 0 Å². The molecule has 1 aliphatic carbocycles. The molecule has 0 amide bonds. The highest BCUT2D eigenvalue weighted by atomic mass is 16.5. The number of hydrogen-bond donors (Lipinski definition) is 1. The summed E-state index contributed by atoms with van der Waals surface area (Å²) < 4.78 is 5.33. The van der Waals surface area contributed by atoms with E-state index >= 15 is 0 Å². The summed E-state index contributed by atoms with van der Waals surface area (Å²) in [6, 6.07) is 2.89. The number of nitrogens with one attached hydrogen (secondary N) is 1. The predicted octanol–water partition coefficient (Wildman–Crippen LogP) is 0.989. The first-order valence-electron chi connectivity index (χ1n) is 6.25. The number of hydrogen-bond acceptors (Lipinski definition) is 4. The van der Waals surface area contributed by atoms with E-state index in [1.807, 2.05) is 6.92 Å². The Morgan fingerprint density at radius 3 is 2.75 bits per heavy atom. The summed E-state index contributed by atoms with van der Waals surface area (Å²) >= 11 is 0. The summed E-state index contributed by atoms with van der Waals surface area (Å²) in [7, 11) is 0. The van der Waals surface area contributed by atoms with Gasteiger partial charge in [-0.3, -0.25) is 10.2 Å². The Labute approximate surface area is 98.6 Å². The van der Waals surface area contributed by atoms with Gasteiger partial charge in [-0.05, 0) is 26.3 Å². The Morgan fingerprint density at radius 1 is 1.50 bits per heavy atom. The van der Waals surface area contributed by atoms with Crippen LogP contribution in [-0.2, 0) is 4.74 Å². The van der Waals surface area contributed by atoms with E-state index in [1.54, 1.807) is 0 Å². The van der Waals surface area contributed by atoms with Crippen molar-refractivity contribution in [3.8, 4) is 6.07 Å². The molecular weight excluding hydrogens is 202 g/mol. The van der Waals surface area contributed by atoms with Crippen LogP contribution in [0.15, 0.2) is 0 Å². The molecule has 92 valence electrons. The smallest absolute Gasteiger partial charge is 0.108 e. The molecule has 16 heavy (non-hydrogen) atoms. The number of nitriles is 1. The predicted molar refractivity (Wildman–Crippen MR) is 64.2 cm³/mol. The fraction of sp³-hybridized carbons (Fsp3) is 0.917. The van der Waals surface area contributed by atoms with E-state index in [0.29, 0.717) is 6.04 Å². The molecule has 0 aromatic carbocycles. The lowest BCUT2D eigenvalue weighted by atomic mass is 10.3. The number of nitrogens with zero attached hydrogens (tertiary/aromatic N) is 2. The fourth-order valence-corrected chi connectivity index (χ4v) is 1.64. The van der Waals surface area contributed by atoms with Crippen molar-refractivity contribution >= 4 is 0 Å². The first-order valence-corrected chi connectivity index (χ1v) is 6.25. The van der Waals surface area contributed by atoms with Gasteiger partial charge in [0.25, 0.3) is 0 Å². The van der Waals surface area contributed by atoms with Gasteiger partial charge < -0.3 is 4.74 Å². The molecule has 1 aliphatic rings. The maximum atomic E-state index is 9.05. The van der Waals surface area contributed by atoms with Gasteiger partial charge in [0.2, 0.25) is 0 Å². The molecule has 1 atom stereocenters. The van der Waals surface area contributed by atoms with Gasteiger partial charge in [-0.15, -0.1) is 0 Å². The molecular formula is C12H23N3O. The third-order valence-electron chi connectivity index (χ3n) is 2.81. The Hall–Kier alpha value is -0.630. The van der Waals surface area contributed by atoms with Crippen molar-refractivity contribution in [3.05, 3.63) is 0 Å². The van der Waals surface area contributed by atoms with Gasteiger partial charge in [0.15, 0.2) is 0 Å². The molecule has 4 heteroatoms. The molecule has 0 aromatic heterocycles. The van der Waals surface area contributed by atoms with Gasteiger partial charge in [0.05, 0.1) is 12.7 Å². The summed E-state index contributed by atoms with van der Waals surface area (Å²) in [4.78, 5) is 2.26. The van der Waals surface area contributed by atoms with E-state index in [-0.39, 0.29) is 6.04 Å². The molecule has 1 fully saturated rings. The SMILES string of the molecule is CCOCCN(CC)CC(C#N)NC1CC1. The zero-order valence-corrected chi connectivity index (χ0v) is 10.4. The molecule has 0 heterocycles.